The van der Waals surface area contributed by atoms with E-state index in [0.29, 0.717) is 16.5 Å². The predicted molar refractivity (Wildman–Crippen MR) is 116 cm³/mol. The number of hydrogen-bond acceptors (Lipinski definition) is 2. The molecular formula is C23H30Cl2O2. The van der Waals surface area contributed by atoms with Gasteiger partial charge in [-0.3, -0.25) is 0 Å². The molecule has 0 fully saturated rings. The molecule has 0 atom stereocenters. The first-order valence-electron chi connectivity index (χ1n) is 9.19. The van der Waals surface area contributed by atoms with Crippen molar-refractivity contribution in [2.45, 2.75) is 72.6 Å². The van der Waals surface area contributed by atoms with E-state index in [4.69, 9.17) is 23.2 Å². The Balaban J connectivity index is 2.75. The van der Waals surface area contributed by atoms with Crippen LogP contribution < -0.4 is 0 Å². The van der Waals surface area contributed by atoms with Crippen LogP contribution in [0.2, 0.25) is 10.0 Å². The summed E-state index contributed by atoms with van der Waals surface area (Å²) < 4.78 is 0. The van der Waals surface area contributed by atoms with E-state index in [2.05, 4.69) is 0 Å². The maximum absolute atomic E-state index is 11.0. The Morgan fingerprint density at radius 3 is 1.26 bits per heavy atom. The third kappa shape index (κ3) is 4.22. The van der Waals surface area contributed by atoms with Crippen molar-refractivity contribution in [3.8, 4) is 11.5 Å². The second kappa shape index (κ2) is 7.22. The lowest BCUT2D eigenvalue weighted by Gasteiger charge is -2.26. The predicted octanol–water partition coefficient (Wildman–Crippen LogP) is 7.21. The van der Waals surface area contributed by atoms with Crippen LogP contribution in [0.1, 0.15) is 74.9 Å². The Bertz CT molecular complexity index is 812. The molecule has 0 amide bonds. The molecule has 0 saturated heterocycles. The summed E-state index contributed by atoms with van der Waals surface area (Å²) in [7, 11) is 0. The monoisotopic (exact) mass is 408 g/mol. The third-order valence-corrected chi connectivity index (χ3v) is 6.00. The molecule has 27 heavy (non-hydrogen) atoms. The van der Waals surface area contributed by atoms with Crippen molar-refractivity contribution in [1.29, 1.82) is 0 Å². The lowest BCUT2D eigenvalue weighted by atomic mass is 9.81. The standard InChI is InChI=1S/C23H30Cl2O2/c1-12-14(20(26)16(10-18(12)24)22(3,4)5)9-15-13(2)19(25)11-17(21(15)27)23(6,7)8/h10-11,26-27H,9H2,1-8H3. The molecule has 2 N–H and O–H groups in total. The first kappa shape index (κ1) is 21.9. The first-order chi connectivity index (χ1) is 12.2. The molecule has 0 bridgehead atoms. The fourth-order valence-corrected chi connectivity index (χ4v) is 3.77. The Hall–Kier alpha value is -1.38. The summed E-state index contributed by atoms with van der Waals surface area (Å²) in [6.07, 6.45) is 0.364. The second-order valence-corrected chi connectivity index (χ2v) is 10.2. The molecule has 0 aliphatic rings. The summed E-state index contributed by atoms with van der Waals surface area (Å²) in [6.45, 7) is 16.0. The summed E-state index contributed by atoms with van der Waals surface area (Å²) in [6, 6.07) is 3.67. The van der Waals surface area contributed by atoms with Crippen molar-refractivity contribution in [3.05, 3.63) is 55.6 Å². The lowest BCUT2D eigenvalue weighted by Crippen LogP contribution is -2.14. The van der Waals surface area contributed by atoms with Gasteiger partial charge in [-0.05, 0) is 47.9 Å². The first-order valence-corrected chi connectivity index (χ1v) is 9.94. The smallest absolute Gasteiger partial charge is 0.123 e. The van der Waals surface area contributed by atoms with E-state index < -0.39 is 0 Å². The van der Waals surface area contributed by atoms with Gasteiger partial charge in [0.05, 0.1) is 0 Å². The summed E-state index contributed by atoms with van der Waals surface area (Å²) in [5.74, 6) is 0.473. The van der Waals surface area contributed by atoms with Crippen LogP contribution in [-0.2, 0) is 17.3 Å². The zero-order valence-electron chi connectivity index (χ0n) is 17.5. The van der Waals surface area contributed by atoms with Gasteiger partial charge in [0.2, 0.25) is 0 Å². The maximum Gasteiger partial charge on any atom is 0.123 e. The number of rotatable bonds is 2. The average molecular weight is 409 g/mol. The molecule has 0 radical (unpaired) electrons. The third-order valence-electron chi connectivity index (χ3n) is 5.22. The molecule has 2 aromatic rings. The highest BCUT2D eigenvalue weighted by atomic mass is 35.5. The molecule has 0 aliphatic heterocycles. The van der Waals surface area contributed by atoms with E-state index >= 15 is 0 Å². The molecular weight excluding hydrogens is 379 g/mol. The number of halogens is 2. The normalized spacial score (nSPS) is 12.5. The molecule has 0 aromatic heterocycles. The van der Waals surface area contributed by atoms with Crippen molar-refractivity contribution in [3.63, 3.8) is 0 Å². The van der Waals surface area contributed by atoms with Crippen LogP contribution >= 0.6 is 23.2 Å². The van der Waals surface area contributed by atoms with E-state index in [1.165, 1.54) is 0 Å². The lowest BCUT2D eigenvalue weighted by molar-refractivity contribution is 0.435. The van der Waals surface area contributed by atoms with Crippen molar-refractivity contribution in [1.82, 2.24) is 0 Å². The number of benzene rings is 2. The van der Waals surface area contributed by atoms with E-state index in [-0.39, 0.29) is 22.3 Å². The van der Waals surface area contributed by atoms with E-state index in [1.807, 2.05) is 67.5 Å². The van der Waals surface area contributed by atoms with Gasteiger partial charge >= 0.3 is 0 Å². The largest absolute Gasteiger partial charge is 0.507 e. The molecule has 0 saturated carbocycles. The van der Waals surface area contributed by atoms with Gasteiger partial charge in [-0.2, -0.15) is 0 Å². The van der Waals surface area contributed by atoms with Gasteiger partial charge in [0.25, 0.3) is 0 Å². The number of aromatic hydroxyl groups is 2. The van der Waals surface area contributed by atoms with Crippen molar-refractivity contribution in [2.24, 2.45) is 0 Å². The summed E-state index contributed by atoms with van der Waals surface area (Å²) in [4.78, 5) is 0. The topological polar surface area (TPSA) is 40.5 Å². The highest BCUT2D eigenvalue weighted by molar-refractivity contribution is 6.32. The molecule has 2 rings (SSSR count). The fraction of sp³-hybridized carbons (Fsp3) is 0.478. The molecule has 0 spiro atoms. The van der Waals surface area contributed by atoms with Gasteiger partial charge in [0.1, 0.15) is 11.5 Å². The summed E-state index contributed by atoms with van der Waals surface area (Å²) in [5.41, 5.74) is 4.18. The SMILES string of the molecule is Cc1c(Cl)cc(C(C)(C)C)c(O)c1Cc1c(C)c(Cl)cc(C(C)(C)C)c1O. The van der Waals surface area contributed by atoms with Crippen LogP contribution in [0.3, 0.4) is 0 Å². The Labute approximate surface area is 173 Å². The van der Waals surface area contributed by atoms with Gasteiger partial charge in [-0.15, -0.1) is 0 Å². The fourth-order valence-electron chi connectivity index (χ4n) is 3.33. The Morgan fingerprint density at radius 1 is 0.704 bits per heavy atom. The second-order valence-electron chi connectivity index (χ2n) is 9.39. The quantitative estimate of drug-likeness (QED) is 0.550. The summed E-state index contributed by atoms with van der Waals surface area (Å²) >= 11 is 13.0. The van der Waals surface area contributed by atoms with E-state index in [0.717, 1.165) is 33.4 Å². The van der Waals surface area contributed by atoms with Crippen LogP contribution in [-0.4, -0.2) is 10.2 Å². The van der Waals surface area contributed by atoms with Gasteiger partial charge in [-0.1, -0.05) is 64.7 Å². The molecule has 0 heterocycles. The van der Waals surface area contributed by atoms with Crippen LogP contribution in [0, 0.1) is 13.8 Å². The molecule has 4 heteroatoms. The zero-order chi connectivity index (χ0) is 20.9. The minimum atomic E-state index is -0.252. The van der Waals surface area contributed by atoms with E-state index in [1.54, 1.807) is 0 Å². The van der Waals surface area contributed by atoms with Gasteiger partial charge in [0.15, 0.2) is 0 Å². The van der Waals surface area contributed by atoms with Crippen molar-refractivity contribution in [2.75, 3.05) is 0 Å². The zero-order valence-corrected chi connectivity index (χ0v) is 19.0. The molecule has 2 nitrogen and oxygen atoms in total. The number of hydrogen-bond donors (Lipinski definition) is 2. The molecule has 0 aliphatic carbocycles. The van der Waals surface area contributed by atoms with Crippen LogP contribution in [0.5, 0.6) is 11.5 Å². The van der Waals surface area contributed by atoms with Gasteiger partial charge in [-0.25, -0.2) is 0 Å². The number of phenolic OH excluding ortho intramolecular Hbond substituents is 2. The highest BCUT2D eigenvalue weighted by Gasteiger charge is 2.27. The Morgan fingerprint density at radius 2 is 1.00 bits per heavy atom. The van der Waals surface area contributed by atoms with Crippen molar-refractivity contribution >= 4 is 23.2 Å². The maximum atomic E-state index is 11.0. The van der Waals surface area contributed by atoms with Crippen LogP contribution in [0.15, 0.2) is 12.1 Å². The molecule has 2 aromatic carbocycles. The van der Waals surface area contributed by atoms with Crippen LogP contribution in [0.25, 0.3) is 0 Å². The number of phenols is 2. The highest BCUT2D eigenvalue weighted by Crippen LogP contribution is 2.43. The van der Waals surface area contributed by atoms with E-state index in [9.17, 15) is 10.2 Å². The van der Waals surface area contributed by atoms with Crippen LogP contribution in [0.4, 0.5) is 0 Å². The summed E-state index contributed by atoms with van der Waals surface area (Å²) in [5, 5.41) is 23.2. The molecule has 148 valence electrons. The van der Waals surface area contributed by atoms with Gasteiger partial charge < -0.3 is 10.2 Å². The average Bonchev–Trinajstić information content (AvgIpc) is 2.51. The Kier molecular flexibility index (Phi) is 5.86. The van der Waals surface area contributed by atoms with Gasteiger partial charge in [0, 0.05) is 38.7 Å². The van der Waals surface area contributed by atoms with Crippen molar-refractivity contribution < 1.29 is 10.2 Å². The minimum absolute atomic E-state index is 0.237. The minimum Gasteiger partial charge on any atom is -0.507 e. The molecule has 0 unspecified atom stereocenters.